The van der Waals surface area contributed by atoms with Crippen molar-refractivity contribution in [3.05, 3.63) is 190 Å². The van der Waals surface area contributed by atoms with Crippen LogP contribution in [-0.4, -0.2) is 85.6 Å². The smallest absolute Gasteiger partial charge is 0.306 e. The molecule has 14 nitrogen and oxygen atoms in total. The number of carbonyl (C=O) groups excluding carboxylic acids is 2. The summed E-state index contributed by atoms with van der Waals surface area (Å²) in [4.78, 5) is 28.0. The summed E-state index contributed by atoms with van der Waals surface area (Å²) in [5.74, 6) is -0.784. The van der Waals surface area contributed by atoms with E-state index in [4.69, 9.17) is 37.9 Å². The Morgan fingerprint density at radius 3 is 1.58 bits per heavy atom. The Kier molecular flexibility index (Phi) is 20.1. The zero-order valence-electron chi connectivity index (χ0n) is 36.5. The average molecular weight is 888 g/mol. The van der Waals surface area contributed by atoms with Gasteiger partial charge in [-0.3, -0.25) is 4.79 Å². The molecule has 8 atom stereocenters. The molecule has 342 valence electrons. The highest BCUT2D eigenvalue weighted by molar-refractivity contribution is 5.80. The van der Waals surface area contributed by atoms with Crippen LogP contribution in [0.4, 0.5) is 0 Å². The summed E-state index contributed by atoms with van der Waals surface area (Å²) in [5, 5.41) is 15.3. The number of rotatable bonds is 27. The van der Waals surface area contributed by atoms with E-state index in [9.17, 15) is 20.2 Å². The van der Waals surface area contributed by atoms with Crippen molar-refractivity contribution in [3.8, 4) is 0 Å². The number of hydrogen-bond acceptors (Lipinski definition) is 12. The molecule has 1 fully saturated rings. The van der Waals surface area contributed by atoms with Crippen molar-refractivity contribution in [2.45, 2.75) is 102 Å². The Labute approximate surface area is 379 Å². The van der Waals surface area contributed by atoms with Crippen LogP contribution in [0, 0.1) is 0 Å². The molecule has 6 rings (SSSR count). The molecule has 5 aromatic carbocycles. The van der Waals surface area contributed by atoms with Crippen LogP contribution in [0.15, 0.2) is 157 Å². The number of aliphatic hydroxyl groups is 1. The third-order valence-electron chi connectivity index (χ3n) is 10.7. The summed E-state index contributed by atoms with van der Waals surface area (Å²) >= 11 is 0. The first-order valence-electron chi connectivity index (χ1n) is 21.7. The van der Waals surface area contributed by atoms with Crippen LogP contribution < -0.4 is 0 Å². The van der Waals surface area contributed by atoms with E-state index >= 15 is 0 Å². The van der Waals surface area contributed by atoms with Gasteiger partial charge in [-0.1, -0.05) is 157 Å². The van der Waals surface area contributed by atoms with Gasteiger partial charge in [0.05, 0.1) is 52.7 Å². The first kappa shape index (κ1) is 48.7. The lowest BCUT2D eigenvalue weighted by atomic mass is 9.96. The molecule has 1 heterocycles. The number of esters is 1. The highest BCUT2D eigenvalue weighted by Crippen LogP contribution is 2.33. The minimum Gasteiger partial charge on any atom is -0.463 e. The van der Waals surface area contributed by atoms with E-state index in [0.29, 0.717) is 0 Å². The zero-order valence-corrected chi connectivity index (χ0v) is 36.5. The minimum atomic E-state index is -1.37. The normalized spacial score (nSPS) is 19.6. The monoisotopic (exact) mass is 887 g/mol. The number of ketones is 1. The SMILES string of the molecule is CC(=O)CCC(=O)OCC(OCc1ccccc1)C(O[C@@H]1O[C@H](COCc2ccccc2)[C@@H](OCc2ccccc2)[C@H](OCc2ccccc2)[C@H]1N=[N+]=[N-])C(CO)OCc1ccccc1. The van der Waals surface area contributed by atoms with E-state index in [1.54, 1.807) is 0 Å². The lowest BCUT2D eigenvalue weighted by Gasteiger charge is -2.46. The molecule has 1 N–H and O–H groups in total. The largest absolute Gasteiger partial charge is 0.463 e. The van der Waals surface area contributed by atoms with Crippen LogP contribution in [0.2, 0.25) is 0 Å². The van der Waals surface area contributed by atoms with Crippen molar-refractivity contribution in [2.75, 3.05) is 19.8 Å². The second-order valence-electron chi connectivity index (χ2n) is 15.6. The average Bonchev–Trinajstić information content (AvgIpc) is 3.34. The molecular weight excluding hydrogens is 831 g/mol. The van der Waals surface area contributed by atoms with Crippen molar-refractivity contribution in [1.29, 1.82) is 0 Å². The van der Waals surface area contributed by atoms with Crippen LogP contribution in [0.3, 0.4) is 0 Å². The van der Waals surface area contributed by atoms with Crippen LogP contribution in [0.1, 0.15) is 47.6 Å². The summed E-state index contributed by atoms with van der Waals surface area (Å²) in [6.07, 6.45) is -7.60. The summed E-state index contributed by atoms with van der Waals surface area (Å²) in [7, 11) is 0. The van der Waals surface area contributed by atoms with Crippen molar-refractivity contribution in [2.24, 2.45) is 5.11 Å². The van der Waals surface area contributed by atoms with Gasteiger partial charge >= 0.3 is 5.97 Å². The predicted molar refractivity (Wildman–Crippen MR) is 241 cm³/mol. The quantitative estimate of drug-likeness (QED) is 0.0233. The molecule has 5 aromatic rings. The van der Waals surface area contributed by atoms with Gasteiger partial charge in [-0.05, 0) is 40.3 Å². The number of azide groups is 1. The molecule has 3 unspecified atom stereocenters. The van der Waals surface area contributed by atoms with E-state index in [0.717, 1.165) is 27.8 Å². The minimum absolute atomic E-state index is 0.00310. The number of aliphatic hydroxyl groups excluding tert-OH is 1. The van der Waals surface area contributed by atoms with Gasteiger partial charge in [0.2, 0.25) is 0 Å². The Bertz CT molecular complexity index is 2170. The van der Waals surface area contributed by atoms with E-state index < -0.39 is 61.5 Å². The number of carbonyl (C=O) groups is 2. The number of Topliss-reactive ketones (excluding diaryl/α,β-unsaturated/α-hetero) is 1. The van der Waals surface area contributed by atoms with Gasteiger partial charge < -0.3 is 47.8 Å². The highest BCUT2D eigenvalue weighted by Gasteiger charge is 2.50. The molecule has 0 amide bonds. The molecule has 1 saturated heterocycles. The predicted octanol–water partition coefficient (Wildman–Crippen LogP) is 8.24. The van der Waals surface area contributed by atoms with Gasteiger partial charge in [-0.25, -0.2) is 0 Å². The van der Waals surface area contributed by atoms with Gasteiger partial charge in [0.25, 0.3) is 0 Å². The van der Waals surface area contributed by atoms with Crippen LogP contribution >= 0.6 is 0 Å². The molecule has 0 radical (unpaired) electrons. The second kappa shape index (κ2) is 26.9. The zero-order chi connectivity index (χ0) is 45.5. The lowest BCUT2D eigenvalue weighted by Crippen LogP contribution is -2.62. The number of ether oxygens (including phenoxy) is 8. The van der Waals surface area contributed by atoms with Gasteiger partial charge in [-0.2, -0.15) is 0 Å². The Hall–Kier alpha value is -5.77. The lowest BCUT2D eigenvalue weighted by molar-refractivity contribution is -0.314. The maximum absolute atomic E-state index is 13.0. The first-order chi connectivity index (χ1) is 31.9. The highest BCUT2D eigenvalue weighted by atomic mass is 16.7. The summed E-state index contributed by atoms with van der Waals surface area (Å²) in [6.45, 7) is 1.22. The van der Waals surface area contributed by atoms with Crippen LogP contribution in [-0.2, 0) is 80.5 Å². The fourth-order valence-corrected chi connectivity index (χ4v) is 7.25. The van der Waals surface area contributed by atoms with Gasteiger partial charge in [0.15, 0.2) is 6.29 Å². The number of nitrogens with zero attached hydrogens (tertiary/aromatic N) is 3. The molecular formula is C51H57N3O11. The standard InChI is InChI=1S/C51H57N3O11/c1-37(56)27-28-46(57)61-36-44(60-32-40-21-11-4-12-22-40)48(43(29-55)59-31-39-19-9-3-10-20-39)65-51-47(53-54-52)50(63-34-42-25-15-6-16-26-42)49(62-33-41-23-13-5-14-24-41)45(64-51)35-58-30-38-17-7-2-8-18-38/h2-26,43-45,47-51,55H,27-36H2,1H3/t43?,44?,45-,47-,48?,49-,50-,51+/m1/s1. The molecule has 65 heavy (non-hydrogen) atoms. The Morgan fingerprint density at radius 2 is 1.11 bits per heavy atom. The molecule has 0 aromatic heterocycles. The van der Waals surface area contributed by atoms with Crippen molar-refractivity contribution in [3.63, 3.8) is 0 Å². The fourth-order valence-electron chi connectivity index (χ4n) is 7.25. The molecule has 1 aliphatic heterocycles. The summed E-state index contributed by atoms with van der Waals surface area (Å²) < 4.78 is 52.1. The van der Waals surface area contributed by atoms with E-state index in [-0.39, 0.29) is 64.9 Å². The molecule has 1 aliphatic rings. The first-order valence-corrected chi connectivity index (χ1v) is 21.7. The van der Waals surface area contributed by atoms with Gasteiger partial charge in [0, 0.05) is 11.3 Å². The molecule has 0 saturated carbocycles. The van der Waals surface area contributed by atoms with E-state index in [2.05, 4.69) is 10.0 Å². The summed E-state index contributed by atoms with van der Waals surface area (Å²) in [5.41, 5.74) is 14.5. The maximum atomic E-state index is 13.0. The topological polar surface area (TPSA) is 177 Å². The molecule has 0 bridgehead atoms. The summed E-state index contributed by atoms with van der Waals surface area (Å²) in [6, 6.07) is 46.5. The number of benzene rings is 5. The maximum Gasteiger partial charge on any atom is 0.306 e. The number of hydrogen-bond donors (Lipinski definition) is 1. The Balaban J connectivity index is 1.38. The van der Waals surface area contributed by atoms with Gasteiger partial charge in [0.1, 0.15) is 55.1 Å². The molecule has 0 spiro atoms. The van der Waals surface area contributed by atoms with Crippen molar-refractivity contribution >= 4 is 11.8 Å². The third-order valence-corrected chi connectivity index (χ3v) is 10.7. The van der Waals surface area contributed by atoms with E-state index in [1.807, 2.05) is 152 Å². The van der Waals surface area contributed by atoms with Gasteiger partial charge in [-0.15, -0.1) is 0 Å². The van der Waals surface area contributed by atoms with Crippen LogP contribution in [0.25, 0.3) is 10.4 Å². The second-order valence-corrected chi connectivity index (χ2v) is 15.6. The molecule has 0 aliphatic carbocycles. The fraction of sp³-hybridized carbons (Fsp3) is 0.373. The Morgan fingerprint density at radius 1 is 0.646 bits per heavy atom. The van der Waals surface area contributed by atoms with Crippen LogP contribution in [0.5, 0.6) is 0 Å². The van der Waals surface area contributed by atoms with Crippen molar-refractivity contribution in [1.82, 2.24) is 0 Å². The third kappa shape index (κ3) is 16.0. The molecule has 14 heteroatoms. The van der Waals surface area contributed by atoms with Crippen molar-refractivity contribution < 1.29 is 52.6 Å². The van der Waals surface area contributed by atoms with E-state index in [1.165, 1.54) is 6.92 Å².